The van der Waals surface area contributed by atoms with E-state index in [4.69, 9.17) is 0 Å². The fraction of sp³-hybridized carbons (Fsp3) is 0.222. The Morgan fingerprint density at radius 2 is 1.81 bits per heavy atom. The Bertz CT molecular complexity index is 958. The van der Waals surface area contributed by atoms with Crippen LogP contribution in [0.3, 0.4) is 0 Å². The van der Waals surface area contributed by atoms with Crippen LogP contribution in [0.15, 0.2) is 36.4 Å². The number of hydrogen-bond acceptors (Lipinski definition) is 4. The van der Waals surface area contributed by atoms with Crippen molar-refractivity contribution in [2.45, 2.75) is 0 Å². The monoisotopic (exact) mass is 379 g/mol. The molecule has 0 fully saturated rings. The molecule has 1 amide bonds. The summed E-state index contributed by atoms with van der Waals surface area (Å²) < 4.78 is 40.7. The van der Waals surface area contributed by atoms with Crippen LogP contribution in [-0.2, 0) is 0 Å². The molecule has 3 rings (SSSR count). The number of nitrogens with zero attached hydrogens (tertiary/aromatic N) is 3. The number of aromatic nitrogens is 1. The Balaban J connectivity index is 1.99. The van der Waals surface area contributed by atoms with Gasteiger partial charge in [0.25, 0.3) is 5.91 Å². The largest absolute Gasteiger partial charge is 0.308 e. The number of amides is 1. The molecule has 0 atom stereocenters. The lowest BCUT2D eigenvalue weighted by molar-refractivity contribution is 0.0984. The van der Waals surface area contributed by atoms with E-state index in [0.717, 1.165) is 12.1 Å². The van der Waals surface area contributed by atoms with Gasteiger partial charge < -0.3 is 4.90 Å². The Morgan fingerprint density at radius 1 is 1.04 bits per heavy atom. The minimum absolute atomic E-state index is 0.0214. The van der Waals surface area contributed by atoms with E-state index in [1.807, 2.05) is 19.0 Å². The van der Waals surface area contributed by atoms with Gasteiger partial charge in [-0.05, 0) is 50.5 Å². The Kier molecular flexibility index (Phi) is 5.24. The Hall–Kier alpha value is -2.45. The van der Waals surface area contributed by atoms with Gasteiger partial charge in [-0.15, -0.1) is 0 Å². The van der Waals surface area contributed by atoms with Crippen molar-refractivity contribution in [3.8, 4) is 0 Å². The number of likely N-dealkylation sites (N-methyl/N-ethyl adjacent to an activating group) is 1. The summed E-state index contributed by atoms with van der Waals surface area (Å²) in [5.41, 5.74) is 0.590. The fourth-order valence-electron chi connectivity index (χ4n) is 2.37. The number of benzene rings is 2. The summed E-state index contributed by atoms with van der Waals surface area (Å²) >= 11 is 1.17. The highest BCUT2D eigenvalue weighted by Crippen LogP contribution is 2.30. The van der Waals surface area contributed by atoms with Crippen molar-refractivity contribution in [2.75, 3.05) is 32.1 Å². The van der Waals surface area contributed by atoms with E-state index >= 15 is 0 Å². The molecule has 1 heterocycles. The molecule has 0 spiro atoms. The lowest BCUT2D eigenvalue weighted by atomic mass is 10.2. The van der Waals surface area contributed by atoms with Crippen molar-refractivity contribution in [1.82, 2.24) is 9.88 Å². The number of hydrogen-bond donors (Lipinski definition) is 0. The van der Waals surface area contributed by atoms with Crippen LogP contribution in [-0.4, -0.2) is 43.0 Å². The summed E-state index contributed by atoms with van der Waals surface area (Å²) in [6, 6.07) is 7.21. The van der Waals surface area contributed by atoms with Crippen molar-refractivity contribution >= 4 is 32.6 Å². The van der Waals surface area contributed by atoms with E-state index in [1.54, 1.807) is 0 Å². The minimum Gasteiger partial charge on any atom is -0.308 e. The van der Waals surface area contributed by atoms with Crippen molar-refractivity contribution in [3.63, 3.8) is 0 Å². The molecule has 3 aromatic rings. The first-order valence-corrected chi connectivity index (χ1v) is 8.64. The predicted molar refractivity (Wildman–Crippen MR) is 96.2 cm³/mol. The zero-order valence-electron chi connectivity index (χ0n) is 14.2. The second-order valence-electron chi connectivity index (χ2n) is 6.00. The maximum atomic E-state index is 13.5. The summed E-state index contributed by atoms with van der Waals surface area (Å²) in [7, 11) is 3.71. The molecule has 0 aliphatic carbocycles. The third kappa shape index (κ3) is 3.86. The third-order valence-corrected chi connectivity index (χ3v) is 4.79. The van der Waals surface area contributed by atoms with Gasteiger partial charge in [-0.25, -0.2) is 18.2 Å². The molecule has 0 unspecified atom stereocenters. The quantitative estimate of drug-likeness (QED) is 0.674. The van der Waals surface area contributed by atoms with Crippen LogP contribution >= 0.6 is 11.3 Å². The van der Waals surface area contributed by atoms with Crippen LogP contribution in [0.25, 0.3) is 10.2 Å². The van der Waals surface area contributed by atoms with Crippen LogP contribution in [0, 0.1) is 17.5 Å². The molecule has 0 aliphatic rings. The molecule has 0 saturated heterocycles. The number of carbonyl (C=O) groups excluding carboxylic acids is 1. The molecule has 0 aliphatic heterocycles. The van der Waals surface area contributed by atoms with Gasteiger partial charge >= 0.3 is 0 Å². The first kappa shape index (κ1) is 18.3. The standard InChI is InChI=1S/C18H16F3N3OS/c1-23(2)7-8-24(17(25)11-3-5-13(20)14(21)9-11)18-22-15-6-4-12(19)10-16(15)26-18/h3-6,9-10H,7-8H2,1-2H3. The average Bonchev–Trinajstić information content (AvgIpc) is 2.99. The normalized spacial score (nSPS) is 11.3. The second kappa shape index (κ2) is 7.43. The van der Waals surface area contributed by atoms with Crippen LogP contribution in [0.5, 0.6) is 0 Å². The number of anilines is 1. The molecule has 0 saturated carbocycles. The fourth-order valence-corrected chi connectivity index (χ4v) is 3.39. The summed E-state index contributed by atoms with van der Waals surface area (Å²) in [4.78, 5) is 20.6. The highest BCUT2D eigenvalue weighted by Gasteiger charge is 2.22. The van der Waals surface area contributed by atoms with Crippen molar-refractivity contribution in [1.29, 1.82) is 0 Å². The topological polar surface area (TPSA) is 36.4 Å². The number of fused-ring (bicyclic) bond motifs is 1. The van der Waals surface area contributed by atoms with Gasteiger partial charge in [-0.2, -0.15) is 0 Å². The van der Waals surface area contributed by atoms with Gasteiger partial charge in [0.1, 0.15) is 5.82 Å². The van der Waals surface area contributed by atoms with Gasteiger partial charge in [0, 0.05) is 18.7 Å². The van der Waals surface area contributed by atoms with E-state index in [-0.39, 0.29) is 11.4 Å². The van der Waals surface area contributed by atoms with Gasteiger partial charge in [0.2, 0.25) is 0 Å². The van der Waals surface area contributed by atoms with E-state index < -0.39 is 17.5 Å². The average molecular weight is 379 g/mol. The molecule has 1 aromatic heterocycles. The van der Waals surface area contributed by atoms with Gasteiger partial charge in [-0.3, -0.25) is 9.69 Å². The highest BCUT2D eigenvalue weighted by molar-refractivity contribution is 7.22. The highest BCUT2D eigenvalue weighted by atomic mass is 32.1. The van der Waals surface area contributed by atoms with Crippen molar-refractivity contribution < 1.29 is 18.0 Å². The lowest BCUT2D eigenvalue weighted by Crippen LogP contribution is -2.36. The minimum atomic E-state index is -1.09. The Labute approximate surface area is 152 Å². The van der Waals surface area contributed by atoms with Crippen LogP contribution in [0.2, 0.25) is 0 Å². The van der Waals surface area contributed by atoms with E-state index in [2.05, 4.69) is 4.98 Å². The maximum absolute atomic E-state index is 13.5. The molecule has 4 nitrogen and oxygen atoms in total. The molecule has 136 valence electrons. The summed E-state index contributed by atoms with van der Waals surface area (Å²) in [6.45, 7) is 0.840. The SMILES string of the molecule is CN(C)CCN(C(=O)c1ccc(F)c(F)c1)c1nc2ccc(F)cc2s1. The molecular formula is C18H16F3N3OS. The van der Waals surface area contributed by atoms with Crippen LogP contribution in [0.4, 0.5) is 18.3 Å². The van der Waals surface area contributed by atoms with Crippen molar-refractivity contribution in [3.05, 3.63) is 59.4 Å². The first-order chi connectivity index (χ1) is 12.3. The second-order valence-corrected chi connectivity index (χ2v) is 7.01. The predicted octanol–water partition coefficient (Wildman–Crippen LogP) is 3.92. The zero-order valence-corrected chi connectivity index (χ0v) is 15.0. The Morgan fingerprint density at radius 3 is 2.50 bits per heavy atom. The molecule has 0 bridgehead atoms. The van der Waals surface area contributed by atoms with Gasteiger partial charge in [0.05, 0.1) is 10.2 Å². The molecule has 0 N–H and O–H groups in total. The van der Waals surface area contributed by atoms with Gasteiger partial charge in [0.15, 0.2) is 16.8 Å². The van der Waals surface area contributed by atoms with E-state index in [0.29, 0.717) is 28.4 Å². The van der Waals surface area contributed by atoms with E-state index in [9.17, 15) is 18.0 Å². The zero-order chi connectivity index (χ0) is 18.8. The van der Waals surface area contributed by atoms with Gasteiger partial charge in [-0.1, -0.05) is 11.3 Å². The number of thiazole rings is 1. The molecule has 26 heavy (non-hydrogen) atoms. The lowest BCUT2D eigenvalue weighted by Gasteiger charge is -2.22. The van der Waals surface area contributed by atoms with E-state index in [1.165, 1.54) is 40.5 Å². The molecule has 2 aromatic carbocycles. The molecule has 8 heteroatoms. The first-order valence-electron chi connectivity index (χ1n) is 7.83. The van der Waals surface area contributed by atoms with Crippen LogP contribution < -0.4 is 4.90 Å². The summed E-state index contributed by atoms with van der Waals surface area (Å²) in [5, 5.41) is 0.377. The third-order valence-electron chi connectivity index (χ3n) is 3.75. The smallest absolute Gasteiger partial charge is 0.260 e. The number of carbonyl (C=O) groups is 1. The summed E-state index contributed by atoms with van der Waals surface area (Å²) in [5.74, 6) is -2.99. The van der Waals surface area contributed by atoms with Crippen LogP contribution in [0.1, 0.15) is 10.4 Å². The maximum Gasteiger partial charge on any atom is 0.260 e. The summed E-state index contributed by atoms with van der Waals surface area (Å²) in [6.07, 6.45) is 0. The number of halogens is 3. The molecular weight excluding hydrogens is 363 g/mol. The van der Waals surface area contributed by atoms with Crippen molar-refractivity contribution in [2.24, 2.45) is 0 Å². The number of rotatable bonds is 5. The molecule has 0 radical (unpaired) electrons.